The third-order valence-corrected chi connectivity index (χ3v) is 4.60. The van der Waals surface area contributed by atoms with Crippen LogP contribution in [0.2, 0.25) is 0 Å². The molecule has 5 unspecified atom stereocenters. The summed E-state index contributed by atoms with van der Waals surface area (Å²) in [6.07, 6.45) is -1.56. The van der Waals surface area contributed by atoms with Gasteiger partial charge in [0.2, 0.25) is 0 Å². The lowest BCUT2D eigenvalue weighted by molar-refractivity contribution is -0.217. The zero-order chi connectivity index (χ0) is 16.3. The van der Waals surface area contributed by atoms with Gasteiger partial charge in [-0.1, -0.05) is 13.5 Å². The maximum Gasteiger partial charge on any atom is 0.312 e. The lowest BCUT2D eigenvalue weighted by Crippen LogP contribution is -2.39. The molecule has 6 nitrogen and oxygen atoms in total. The molecule has 0 spiro atoms. The van der Waals surface area contributed by atoms with Crippen molar-refractivity contribution in [2.24, 2.45) is 5.41 Å². The average Bonchev–Trinajstić information content (AvgIpc) is 2.98. The monoisotopic (exact) mass is 312 g/mol. The zero-order valence-electron chi connectivity index (χ0n) is 13.8. The highest BCUT2D eigenvalue weighted by Crippen LogP contribution is 2.45. The largest absolute Gasteiger partial charge is 0.485 e. The Bertz CT molecular complexity index is 497. The highest BCUT2D eigenvalue weighted by atomic mass is 16.8. The van der Waals surface area contributed by atoms with Crippen molar-refractivity contribution >= 4 is 5.97 Å². The molecule has 3 heterocycles. The highest BCUT2D eigenvalue weighted by Gasteiger charge is 2.62. The molecule has 0 amide bonds. The Kier molecular flexibility index (Phi) is 3.54. The van der Waals surface area contributed by atoms with E-state index in [0.29, 0.717) is 12.2 Å². The molecule has 0 saturated carbocycles. The van der Waals surface area contributed by atoms with Crippen molar-refractivity contribution in [2.45, 2.75) is 77.5 Å². The summed E-state index contributed by atoms with van der Waals surface area (Å²) in [6, 6.07) is 0. The summed E-state index contributed by atoms with van der Waals surface area (Å²) in [6.45, 7) is 13.2. The van der Waals surface area contributed by atoms with Gasteiger partial charge in [-0.25, -0.2) is 0 Å². The molecule has 5 atom stereocenters. The second kappa shape index (κ2) is 4.94. The number of rotatable bonds is 3. The van der Waals surface area contributed by atoms with E-state index in [-0.39, 0.29) is 18.2 Å². The van der Waals surface area contributed by atoms with Gasteiger partial charge < -0.3 is 23.7 Å². The molecule has 22 heavy (non-hydrogen) atoms. The van der Waals surface area contributed by atoms with Gasteiger partial charge in [0.15, 0.2) is 30.4 Å². The maximum absolute atomic E-state index is 12.3. The Morgan fingerprint density at radius 3 is 2.59 bits per heavy atom. The van der Waals surface area contributed by atoms with Crippen LogP contribution < -0.4 is 0 Å². The average molecular weight is 312 g/mol. The third-order valence-electron chi connectivity index (χ3n) is 4.60. The molecule has 0 aliphatic carbocycles. The summed E-state index contributed by atoms with van der Waals surface area (Å²) in [7, 11) is 0. The molecule has 3 rings (SSSR count). The van der Waals surface area contributed by atoms with E-state index in [4.69, 9.17) is 23.7 Å². The van der Waals surface area contributed by atoms with Crippen molar-refractivity contribution in [2.75, 3.05) is 0 Å². The molecule has 3 fully saturated rings. The number of carbonyl (C=O) groups excluding carboxylic acids is 1. The van der Waals surface area contributed by atoms with E-state index < -0.39 is 29.7 Å². The lowest BCUT2D eigenvalue weighted by atomic mass is 9.90. The molecule has 6 heteroatoms. The minimum atomic E-state index is -0.704. The van der Waals surface area contributed by atoms with Crippen molar-refractivity contribution in [3.05, 3.63) is 12.3 Å². The molecule has 0 aromatic rings. The topological polar surface area (TPSA) is 63.2 Å². The minimum absolute atomic E-state index is 0.284. The van der Waals surface area contributed by atoms with Crippen molar-refractivity contribution in [1.29, 1.82) is 0 Å². The first-order valence-electron chi connectivity index (χ1n) is 7.72. The van der Waals surface area contributed by atoms with Gasteiger partial charge in [0.1, 0.15) is 11.9 Å². The SMILES string of the molecule is C=C1OC2C3OC(C)(C)OC3OC2C1OC(=O)C(C)(C)CC. The van der Waals surface area contributed by atoms with E-state index in [1.165, 1.54) is 0 Å². The van der Waals surface area contributed by atoms with Crippen LogP contribution in [-0.4, -0.2) is 42.5 Å². The summed E-state index contributed by atoms with van der Waals surface area (Å²) in [5.74, 6) is -0.584. The van der Waals surface area contributed by atoms with E-state index in [9.17, 15) is 4.79 Å². The Morgan fingerprint density at radius 2 is 1.95 bits per heavy atom. The van der Waals surface area contributed by atoms with Gasteiger partial charge in [0, 0.05) is 0 Å². The van der Waals surface area contributed by atoms with Gasteiger partial charge in [-0.15, -0.1) is 0 Å². The van der Waals surface area contributed by atoms with E-state index in [1.54, 1.807) is 0 Å². The Balaban J connectivity index is 1.72. The third kappa shape index (κ3) is 2.43. The Morgan fingerprint density at radius 1 is 1.27 bits per heavy atom. The molecular formula is C16H24O6. The number of esters is 1. The van der Waals surface area contributed by atoms with E-state index in [1.807, 2.05) is 34.6 Å². The Hall–Kier alpha value is -1.11. The Labute approximate surface area is 130 Å². The van der Waals surface area contributed by atoms with E-state index in [2.05, 4.69) is 6.58 Å². The minimum Gasteiger partial charge on any atom is -0.485 e. The molecule has 3 aliphatic rings. The first-order chi connectivity index (χ1) is 10.1. The maximum atomic E-state index is 12.3. The van der Waals surface area contributed by atoms with Gasteiger partial charge in [-0.05, 0) is 34.1 Å². The summed E-state index contributed by atoms with van der Waals surface area (Å²) < 4.78 is 28.7. The second-order valence-corrected chi connectivity index (χ2v) is 7.18. The molecule has 0 bridgehead atoms. The van der Waals surface area contributed by atoms with Crippen LogP contribution in [0, 0.1) is 5.41 Å². The summed E-state index contributed by atoms with van der Waals surface area (Å²) >= 11 is 0. The van der Waals surface area contributed by atoms with Gasteiger partial charge >= 0.3 is 5.97 Å². The summed E-state index contributed by atoms with van der Waals surface area (Å²) in [5.41, 5.74) is -0.554. The molecule has 0 aromatic carbocycles. The van der Waals surface area contributed by atoms with E-state index in [0.717, 1.165) is 0 Å². The first-order valence-corrected chi connectivity index (χ1v) is 7.72. The van der Waals surface area contributed by atoms with Crippen molar-refractivity contribution in [3.63, 3.8) is 0 Å². The molecule has 0 N–H and O–H groups in total. The van der Waals surface area contributed by atoms with Gasteiger partial charge in [0.25, 0.3) is 0 Å². The van der Waals surface area contributed by atoms with Crippen LogP contribution in [0.4, 0.5) is 0 Å². The molecular weight excluding hydrogens is 288 g/mol. The fourth-order valence-corrected chi connectivity index (χ4v) is 2.86. The molecule has 0 radical (unpaired) electrons. The van der Waals surface area contributed by atoms with Gasteiger partial charge in [-0.3, -0.25) is 4.79 Å². The summed E-state index contributed by atoms with van der Waals surface area (Å²) in [4.78, 5) is 12.3. The summed E-state index contributed by atoms with van der Waals surface area (Å²) in [5, 5.41) is 0. The molecule has 0 aromatic heterocycles. The van der Waals surface area contributed by atoms with Crippen LogP contribution in [0.25, 0.3) is 0 Å². The van der Waals surface area contributed by atoms with Crippen LogP contribution in [0.15, 0.2) is 12.3 Å². The van der Waals surface area contributed by atoms with Crippen LogP contribution in [-0.2, 0) is 28.5 Å². The first kappa shape index (κ1) is 15.8. The van der Waals surface area contributed by atoms with Crippen LogP contribution >= 0.6 is 0 Å². The van der Waals surface area contributed by atoms with Gasteiger partial charge in [0.05, 0.1) is 5.41 Å². The van der Waals surface area contributed by atoms with Crippen molar-refractivity contribution < 1.29 is 28.5 Å². The number of fused-ring (bicyclic) bond motifs is 3. The fourth-order valence-electron chi connectivity index (χ4n) is 2.86. The predicted molar refractivity (Wildman–Crippen MR) is 76.7 cm³/mol. The van der Waals surface area contributed by atoms with Crippen LogP contribution in [0.1, 0.15) is 41.0 Å². The highest BCUT2D eigenvalue weighted by molar-refractivity contribution is 5.76. The van der Waals surface area contributed by atoms with Crippen LogP contribution in [0.3, 0.4) is 0 Å². The smallest absolute Gasteiger partial charge is 0.312 e. The quantitative estimate of drug-likeness (QED) is 0.744. The van der Waals surface area contributed by atoms with Crippen molar-refractivity contribution in [3.8, 4) is 0 Å². The fraction of sp³-hybridized carbons (Fsp3) is 0.812. The number of carbonyl (C=O) groups is 1. The van der Waals surface area contributed by atoms with Gasteiger partial charge in [-0.2, -0.15) is 0 Å². The molecule has 124 valence electrons. The number of ether oxygens (including phenoxy) is 5. The van der Waals surface area contributed by atoms with E-state index >= 15 is 0 Å². The number of hydrogen-bond acceptors (Lipinski definition) is 6. The predicted octanol–water partition coefficient (Wildman–Crippen LogP) is 2.12. The zero-order valence-corrected chi connectivity index (χ0v) is 13.8. The molecule has 3 saturated heterocycles. The second-order valence-electron chi connectivity index (χ2n) is 7.18. The standard InChI is InChI=1S/C16H24O6/c1-7-15(3,4)14(17)20-9-8(2)18-11-10(9)19-13-12(11)21-16(5,6)22-13/h9-13H,2,7H2,1,3-6H3. The lowest BCUT2D eigenvalue weighted by Gasteiger charge is -2.25. The normalized spacial score (nSPS) is 39.3. The van der Waals surface area contributed by atoms with Crippen molar-refractivity contribution in [1.82, 2.24) is 0 Å². The molecule has 3 aliphatic heterocycles. The van der Waals surface area contributed by atoms with Crippen LogP contribution in [0.5, 0.6) is 0 Å². The number of hydrogen-bond donors (Lipinski definition) is 0.